The molecule has 0 heterocycles. The third kappa shape index (κ3) is 5.93. The normalized spacial score (nSPS) is 23.2. The lowest BCUT2D eigenvalue weighted by atomic mass is 9.78. The first-order valence-electron chi connectivity index (χ1n) is 8.78. The van der Waals surface area contributed by atoms with E-state index in [1.807, 2.05) is 24.3 Å². The molecule has 0 aromatic heterocycles. The molecular formula is C20H27NO4. The summed E-state index contributed by atoms with van der Waals surface area (Å²) in [5.74, 6) is 1.04. The maximum Gasteiger partial charge on any atom is 0.331 e. The van der Waals surface area contributed by atoms with Gasteiger partial charge in [-0.05, 0) is 42.0 Å². The van der Waals surface area contributed by atoms with Crippen LogP contribution in [0.3, 0.4) is 0 Å². The second-order valence-electron chi connectivity index (χ2n) is 6.66. The number of carbonyl (C=O) groups is 2. The lowest BCUT2D eigenvalue weighted by molar-refractivity contribution is -0.144. The number of hydrogen-bond acceptors (Lipinski definition) is 4. The Morgan fingerprint density at radius 3 is 2.60 bits per heavy atom. The number of nitrogens with one attached hydrogen (secondary N) is 1. The van der Waals surface area contributed by atoms with Gasteiger partial charge in [0.1, 0.15) is 5.75 Å². The summed E-state index contributed by atoms with van der Waals surface area (Å²) in [7, 11) is 1.60. The molecule has 0 unspecified atom stereocenters. The minimum absolute atomic E-state index is 0.171. The summed E-state index contributed by atoms with van der Waals surface area (Å²) in [6.07, 6.45) is 6.28. The van der Waals surface area contributed by atoms with Gasteiger partial charge in [0, 0.05) is 12.1 Å². The Kier molecular flexibility index (Phi) is 7.04. The van der Waals surface area contributed by atoms with E-state index in [0.717, 1.165) is 24.2 Å². The van der Waals surface area contributed by atoms with Gasteiger partial charge in [0.05, 0.1) is 7.11 Å². The maximum absolute atomic E-state index is 12.0. The fourth-order valence-corrected chi connectivity index (χ4v) is 3.10. The molecule has 1 N–H and O–H groups in total. The topological polar surface area (TPSA) is 64.6 Å². The molecule has 1 saturated carbocycles. The van der Waals surface area contributed by atoms with Crippen LogP contribution in [0.15, 0.2) is 30.3 Å². The molecule has 0 spiro atoms. The highest BCUT2D eigenvalue weighted by atomic mass is 16.5. The Morgan fingerprint density at radius 1 is 1.20 bits per heavy atom. The molecule has 1 aromatic rings. The van der Waals surface area contributed by atoms with Gasteiger partial charge < -0.3 is 14.8 Å². The average molecular weight is 345 g/mol. The fraction of sp³-hybridized carbons (Fsp3) is 0.500. The largest absolute Gasteiger partial charge is 0.497 e. The Bertz CT molecular complexity index is 609. The molecular weight excluding hydrogens is 318 g/mol. The molecule has 5 heteroatoms. The lowest BCUT2D eigenvalue weighted by Crippen LogP contribution is -2.45. The number of esters is 1. The van der Waals surface area contributed by atoms with Crippen molar-refractivity contribution >= 4 is 18.0 Å². The molecule has 0 bridgehead atoms. The van der Waals surface area contributed by atoms with Crippen LogP contribution in [-0.2, 0) is 14.3 Å². The van der Waals surface area contributed by atoms with Gasteiger partial charge >= 0.3 is 5.97 Å². The highest BCUT2D eigenvalue weighted by Gasteiger charge is 2.28. The highest BCUT2D eigenvalue weighted by Crippen LogP contribution is 2.29. The molecule has 1 aliphatic rings. The first kappa shape index (κ1) is 19.0. The van der Waals surface area contributed by atoms with Crippen molar-refractivity contribution in [2.75, 3.05) is 13.7 Å². The quantitative estimate of drug-likeness (QED) is 0.635. The minimum Gasteiger partial charge on any atom is -0.497 e. The van der Waals surface area contributed by atoms with Crippen LogP contribution in [0.1, 0.15) is 38.7 Å². The Hall–Kier alpha value is -2.30. The molecule has 25 heavy (non-hydrogen) atoms. The number of rotatable bonds is 6. The van der Waals surface area contributed by atoms with E-state index in [1.165, 1.54) is 12.5 Å². The first-order valence-corrected chi connectivity index (χ1v) is 8.78. The monoisotopic (exact) mass is 345 g/mol. The van der Waals surface area contributed by atoms with Gasteiger partial charge in [-0.25, -0.2) is 4.79 Å². The smallest absolute Gasteiger partial charge is 0.331 e. The predicted molar refractivity (Wildman–Crippen MR) is 97.1 cm³/mol. The first-order chi connectivity index (χ1) is 12.0. The van der Waals surface area contributed by atoms with Crippen molar-refractivity contribution in [2.45, 2.75) is 39.2 Å². The van der Waals surface area contributed by atoms with E-state index in [-0.39, 0.29) is 18.6 Å². The summed E-state index contributed by atoms with van der Waals surface area (Å²) in [6.45, 7) is 4.13. The SMILES string of the molecule is COc1ccc(/C=C/C(=O)OCC(=O)N[C@@H]2CCC[C@H](C)[C@H]2C)cc1. The highest BCUT2D eigenvalue weighted by molar-refractivity contribution is 5.89. The summed E-state index contributed by atoms with van der Waals surface area (Å²) in [5, 5.41) is 2.99. The van der Waals surface area contributed by atoms with Gasteiger partial charge in [-0.15, -0.1) is 0 Å². The van der Waals surface area contributed by atoms with Gasteiger partial charge in [0.15, 0.2) is 6.61 Å². The number of ether oxygens (including phenoxy) is 2. The van der Waals surface area contributed by atoms with Gasteiger partial charge in [-0.2, -0.15) is 0 Å². The van der Waals surface area contributed by atoms with E-state index in [0.29, 0.717) is 11.8 Å². The second-order valence-corrected chi connectivity index (χ2v) is 6.66. The van der Waals surface area contributed by atoms with Crippen molar-refractivity contribution in [1.29, 1.82) is 0 Å². The molecule has 0 aliphatic heterocycles. The summed E-state index contributed by atoms with van der Waals surface area (Å²) >= 11 is 0. The van der Waals surface area contributed by atoms with E-state index in [9.17, 15) is 9.59 Å². The zero-order valence-corrected chi connectivity index (χ0v) is 15.2. The van der Waals surface area contributed by atoms with E-state index in [2.05, 4.69) is 19.2 Å². The molecule has 136 valence electrons. The molecule has 1 amide bonds. The standard InChI is InChI=1S/C20H27NO4/c1-14-5-4-6-18(15(14)2)21-19(22)13-25-20(23)12-9-16-7-10-17(24-3)11-8-16/h7-12,14-15,18H,4-6,13H2,1-3H3,(H,21,22)/b12-9+/t14-,15+,18+/m0/s1. The third-order valence-electron chi connectivity index (χ3n) is 4.93. The number of amides is 1. The van der Waals surface area contributed by atoms with Crippen molar-refractivity contribution in [1.82, 2.24) is 5.32 Å². The van der Waals surface area contributed by atoms with Crippen LogP contribution in [-0.4, -0.2) is 31.6 Å². The van der Waals surface area contributed by atoms with Crippen LogP contribution >= 0.6 is 0 Å². The number of carbonyl (C=O) groups excluding carboxylic acids is 2. The summed E-state index contributed by atoms with van der Waals surface area (Å²) in [6, 6.07) is 7.46. The van der Waals surface area contributed by atoms with Crippen molar-refractivity contribution in [2.24, 2.45) is 11.8 Å². The Labute approximate surface area is 149 Å². The van der Waals surface area contributed by atoms with E-state index in [4.69, 9.17) is 9.47 Å². The van der Waals surface area contributed by atoms with Gasteiger partial charge in [-0.1, -0.05) is 38.8 Å². The summed E-state index contributed by atoms with van der Waals surface area (Å²) < 4.78 is 10.1. The zero-order chi connectivity index (χ0) is 18.2. The molecule has 3 atom stereocenters. The fourth-order valence-electron chi connectivity index (χ4n) is 3.10. The van der Waals surface area contributed by atoms with Crippen LogP contribution in [0.5, 0.6) is 5.75 Å². The molecule has 1 aromatic carbocycles. The van der Waals surface area contributed by atoms with Crippen molar-refractivity contribution < 1.29 is 19.1 Å². The molecule has 1 fully saturated rings. The van der Waals surface area contributed by atoms with E-state index >= 15 is 0 Å². The van der Waals surface area contributed by atoms with E-state index in [1.54, 1.807) is 13.2 Å². The predicted octanol–water partition coefficient (Wildman–Crippen LogP) is 3.19. The van der Waals surface area contributed by atoms with Gasteiger partial charge in [0.2, 0.25) is 0 Å². The lowest BCUT2D eigenvalue weighted by Gasteiger charge is -2.34. The van der Waals surface area contributed by atoms with Gasteiger partial charge in [0.25, 0.3) is 5.91 Å². The summed E-state index contributed by atoms with van der Waals surface area (Å²) in [5.41, 5.74) is 0.854. The molecule has 0 saturated heterocycles. The number of benzene rings is 1. The van der Waals surface area contributed by atoms with E-state index < -0.39 is 5.97 Å². The van der Waals surface area contributed by atoms with Crippen LogP contribution in [0.4, 0.5) is 0 Å². The average Bonchev–Trinajstić information content (AvgIpc) is 2.62. The molecule has 0 radical (unpaired) electrons. The van der Waals surface area contributed by atoms with Crippen LogP contribution < -0.4 is 10.1 Å². The summed E-state index contributed by atoms with van der Waals surface area (Å²) in [4.78, 5) is 23.7. The molecule has 5 nitrogen and oxygen atoms in total. The second kappa shape index (κ2) is 9.25. The number of hydrogen-bond donors (Lipinski definition) is 1. The maximum atomic E-state index is 12.0. The minimum atomic E-state index is -0.531. The third-order valence-corrected chi connectivity index (χ3v) is 4.93. The molecule has 1 aliphatic carbocycles. The Balaban J connectivity index is 1.75. The van der Waals surface area contributed by atoms with Crippen LogP contribution in [0.2, 0.25) is 0 Å². The van der Waals surface area contributed by atoms with Crippen molar-refractivity contribution in [3.63, 3.8) is 0 Å². The number of methoxy groups -OCH3 is 1. The van der Waals surface area contributed by atoms with Crippen molar-refractivity contribution in [3.8, 4) is 5.75 Å². The van der Waals surface area contributed by atoms with Crippen molar-refractivity contribution in [3.05, 3.63) is 35.9 Å². The zero-order valence-electron chi connectivity index (χ0n) is 15.2. The van der Waals surface area contributed by atoms with Crippen LogP contribution in [0.25, 0.3) is 6.08 Å². The van der Waals surface area contributed by atoms with Crippen LogP contribution in [0, 0.1) is 11.8 Å². The Morgan fingerprint density at radius 2 is 1.92 bits per heavy atom. The molecule has 2 rings (SSSR count). The van der Waals surface area contributed by atoms with Gasteiger partial charge in [-0.3, -0.25) is 4.79 Å².